The second-order valence-corrected chi connectivity index (χ2v) is 9.94. The molecule has 5 amide bonds. The van der Waals surface area contributed by atoms with Crippen LogP contribution in [-0.2, 0) is 25.7 Å². The van der Waals surface area contributed by atoms with Crippen LogP contribution in [0.2, 0.25) is 0 Å². The van der Waals surface area contributed by atoms with Crippen LogP contribution in [0.15, 0.2) is 18.2 Å². The predicted octanol–water partition coefficient (Wildman–Crippen LogP) is -0.372. The normalized spacial score (nSPS) is 25.8. The average molecular weight is 498 g/mol. The van der Waals surface area contributed by atoms with E-state index in [1.165, 1.54) is 0 Å². The highest BCUT2D eigenvalue weighted by atomic mass is 16.5. The molecular formula is C25H31N5O6. The van der Waals surface area contributed by atoms with Gasteiger partial charge in [-0.2, -0.15) is 0 Å². The van der Waals surface area contributed by atoms with Crippen LogP contribution in [0, 0.1) is 0 Å². The summed E-state index contributed by atoms with van der Waals surface area (Å²) in [4.78, 5) is 68.0. The van der Waals surface area contributed by atoms with E-state index >= 15 is 0 Å². The Morgan fingerprint density at radius 2 is 1.83 bits per heavy atom. The fraction of sp³-hybridized carbons (Fsp3) is 0.560. The first-order valence-corrected chi connectivity index (χ1v) is 12.5. The van der Waals surface area contributed by atoms with Gasteiger partial charge in [-0.3, -0.25) is 39.1 Å². The van der Waals surface area contributed by atoms with E-state index in [9.17, 15) is 24.0 Å². The summed E-state index contributed by atoms with van der Waals surface area (Å²) in [5.74, 6) is -1.99. The zero-order valence-electron chi connectivity index (χ0n) is 20.1. The van der Waals surface area contributed by atoms with Gasteiger partial charge in [0.25, 0.3) is 11.8 Å². The minimum Gasteiger partial charge on any atom is -0.375 e. The van der Waals surface area contributed by atoms with Crippen LogP contribution in [-0.4, -0.2) is 95.2 Å². The number of fused-ring (bicyclic) bond motifs is 1. The smallest absolute Gasteiger partial charge is 0.262 e. The van der Waals surface area contributed by atoms with Crippen molar-refractivity contribution in [1.29, 1.82) is 0 Å². The number of hydrogen-bond donors (Lipinski definition) is 2. The number of carbonyl (C=O) groups excluding carboxylic acids is 5. The van der Waals surface area contributed by atoms with Crippen molar-refractivity contribution in [3.63, 3.8) is 0 Å². The van der Waals surface area contributed by atoms with Gasteiger partial charge in [-0.25, -0.2) is 0 Å². The zero-order chi connectivity index (χ0) is 25.4. The van der Waals surface area contributed by atoms with Gasteiger partial charge < -0.3 is 15.4 Å². The average Bonchev–Trinajstić information content (AvgIpc) is 3.10. The SMILES string of the molecule is NC1CCN(C(=O)C[C@H]2CN(Cc3cccc4c3C(=O)N(C3CCC(=O)NC3=O)C4=O)CCO2)CC1. The number of ether oxygens (including phenoxy) is 1. The fourth-order valence-electron chi connectivity index (χ4n) is 5.48. The summed E-state index contributed by atoms with van der Waals surface area (Å²) >= 11 is 0. The molecule has 1 unspecified atom stereocenters. The molecule has 192 valence electrons. The van der Waals surface area contributed by atoms with E-state index in [1.807, 2.05) is 11.0 Å². The molecule has 4 aliphatic heterocycles. The monoisotopic (exact) mass is 497 g/mol. The van der Waals surface area contributed by atoms with Crippen LogP contribution >= 0.6 is 0 Å². The predicted molar refractivity (Wildman–Crippen MR) is 127 cm³/mol. The lowest BCUT2D eigenvalue weighted by atomic mass is 10.0. The number of hydrogen-bond acceptors (Lipinski definition) is 8. The summed E-state index contributed by atoms with van der Waals surface area (Å²) < 4.78 is 5.86. The Hall–Kier alpha value is -3.15. The Morgan fingerprint density at radius 3 is 2.58 bits per heavy atom. The second-order valence-electron chi connectivity index (χ2n) is 9.94. The van der Waals surface area contributed by atoms with E-state index in [1.54, 1.807) is 12.1 Å². The van der Waals surface area contributed by atoms with E-state index < -0.39 is 29.7 Å². The van der Waals surface area contributed by atoms with E-state index in [0.717, 1.165) is 17.7 Å². The van der Waals surface area contributed by atoms with Crippen LogP contribution in [0.1, 0.15) is 58.4 Å². The molecule has 0 aliphatic carbocycles. The molecule has 0 saturated carbocycles. The van der Waals surface area contributed by atoms with Gasteiger partial charge in [-0.15, -0.1) is 0 Å². The van der Waals surface area contributed by atoms with Crippen molar-refractivity contribution in [2.45, 2.75) is 56.8 Å². The van der Waals surface area contributed by atoms with Gasteiger partial charge >= 0.3 is 0 Å². The van der Waals surface area contributed by atoms with Crippen molar-refractivity contribution in [2.75, 3.05) is 32.8 Å². The van der Waals surface area contributed by atoms with Crippen molar-refractivity contribution < 1.29 is 28.7 Å². The molecule has 11 nitrogen and oxygen atoms in total. The van der Waals surface area contributed by atoms with Crippen LogP contribution in [0.4, 0.5) is 0 Å². The number of imide groups is 2. The van der Waals surface area contributed by atoms with Gasteiger partial charge in [0, 0.05) is 45.2 Å². The quantitative estimate of drug-likeness (QED) is 0.525. The summed E-state index contributed by atoms with van der Waals surface area (Å²) in [7, 11) is 0. The highest BCUT2D eigenvalue weighted by Crippen LogP contribution is 2.31. The number of rotatable bonds is 5. The Bertz CT molecular complexity index is 1100. The number of likely N-dealkylation sites (tertiary alicyclic amines) is 1. The number of piperidine rings is 2. The third-order valence-corrected chi connectivity index (χ3v) is 7.47. The molecule has 0 bridgehead atoms. The van der Waals surface area contributed by atoms with Crippen LogP contribution in [0.25, 0.3) is 0 Å². The van der Waals surface area contributed by atoms with E-state index in [0.29, 0.717) is 56.9 Å². The Labute approximate surface area is 208 Å². The lowest BCUT2D eigenvalue weighted by Gasteiger charge is -2.35. The van der Waals surface area contributed by atoms with Gasteiger partial charge in [0.15, 0.2) is 0 Å². The van der Waals surface area contributed by atoms with Gasteiger partial charge in [0.2, 0.25) is 17.7 Å². The van der Waals surface area contributed by atoms with Gasteiger partial charge in [0.1, 0.15) is 6.04 Å². The van der Waals surface area contributed by atoms with Crippen LogP contribution in [0.3, 0.4) is 0 Å². The lowest BCUT2D eigenvalue weighted by Crippen LogP contribution is -2.54. The maximum atomic E-state index is 13.3. The number of morpholine rings is 1. The molecule has 5 rings (SSSR count). The molecule has 0 spiro atoms. The minimum absolute atomic E-state index is 0.0648. The van der Waals surface area contributed by atoms with Crippen molar-refractivity contribution in [3.05, 3.63) is 34.9 Å². The second kappa shape index (κ2) is 10.1. The molecule has 36 heavy (non-hydrogen) atoms. The molecule has 0 aromatic heterocycles. The zero-order valence-corrected chi connectivity index (χ0v) is 20.1. The highest BCUT2D eigenvalue weighted by Gasteiger charge is 2.45. The summed E-state index contributed by atoms with van der Waals surface area (Å²) in [6.07, 6.45) is 1.86. The molecule has 1 aromatic carbocycles. The Balaban J connectivity index is 1.26. The number of amides is 5. The largest absolute Gasteiger partial charge is 0.375 e. The van der Waals surface area contributed by atoms with Crippen molar-refractivity contribution >= 4 is 29.5 Å². The molecule has 3 saturated heterocycles. The molecule has 3 N–H and O–H groups in total. The molecule has 3 fully saturated rings. The van der Waals surface area contributed by atoms with Crippen molar-refractivity contribution in [1.82, 2.24) is 20.0 Å². The third-order valence-electron chi connectivity index (χ3n) is 7.47. The maximum Gasteiger partial charge on any atom is 0.262 e. The van der Waals surface area contributed by atoms with E-state index in [-0.39, 0.29) is 36.5 Å². The van der Waals surface area contributed by atoms with E-state index in [2.05, 4.69) is 10.2 Å². The number of nitrogens with one attached hydrogen (secondary N) is 1. The first-order chi connectivity index (χ1) is 17.3. The third kappa shape index (κ3) is 4.78. The standard InChI is InChI=1S/C25H31N5O6/c26-16-6-8-29(9-7-16)21(32)12-17-14-28(10-11-36-17)13-15-2-1-3-18-22(15)25(35)30(24(18)34)19-4-5-20(31)27-23(19)33/h1-3,16-17,19H,4-14,26H2,(H,27,31,33)/t17-,19?/m0/s1. The Morgan fingerprint density at radius 1 is 1.06 bits per heavy atom. The van der Waals surface area contributed by atoms with Gasteiger partial charge in [-0.1, -0.05) is 12.1 Å². The van der Waals surface area contributed by atoms with Crippen LogP contribution < -0.4 is 11.1 Å². The lowest BCUT2D eigenvalue weighted by molar-refractivity contribution is -0.138. The highest BCUT2D eigenvalue weighted by molar-refractivity contribution is 6.24. The number of nitrogens with two attached hydrogens (primary N) is 1. The first kappa shape index (κ1) is 24.5. The number of nitrogens with zero attached hydrogens (tertiary/aromatic N) is 3. The number of benzene rings is 1. The van der Waals surface area contributed by atoms with Gasteiger partial charge in [-0.05, 0) is 30.9 Å². The minimum atomic E-state index is -0.994. The number of carbonyl (C=O) groups is 5. The summed E-state index contributed by atoms with van der Waals surface area (Å²) in [5.41, 5.74) is 7.21. The van der Waals surface area contributed by atoms with Crippen molar-refractivity contribution in [3.8, 4) is 0 Å². The van der Waals surface area contributed by atoms with Gasteiger partial charge in [0.05, 0.1) is 30.3 Å². The molecule has 2 atom stereocenters. The summed E-state index contributed by atoms with van der Waals surface area (Å²) in [5, 5.41) is 2.22. The summed E-state index contributed by atoms with van der Waals surface area (Å²) in [6, 6.07) is 4.30. The maximum absolute atomic E-state index is 13.3. The molecular weight excluding hydrogens is 466 g/mol. The molecule has 11 heteroatoms. The summed E-state index contributed by atoms with van der Waals surface area (Å²) in [6.45, 7) is 3.39. The van der Waals surface area contributed by atoms with Crippen molar-refractivity contribution in [2.24, 2.45) is 5.73 Å². The molecule has 1 aromatic rings. The molecule has 4 aliphatic rings. The first-order valence-electron chi connectivity index (χ1n) is 12.5. The molecule has 4 heterocycles. The Kier molecular flexibility index (Phi) is 6.87. The fourth-order valence-corrected chi connectivity index (χ4v) is 5.48. The van der Waals surface area contributed by atoms with E-state index in [4.69, 9.17) is 10.5 Å². The molecule has 0 radical (unpaired) electrons. The topological polar surface area (TPSA) is 142 Å². The van der Waals surface area contributed by atoms with Crippen LogP contribution in [0.5, 0.6) is 0 Å².